The van der Waals surface area contributed by atoms with E-state index in [0.717, 1.165) is 44.2 Å². The van der Waals surface area contributed by atoms with Crippen LogP contribution in [-0.4, -0.2) is 37.9 Å². The maximum atomic E-state index is 5.35. The van der Waals surface area contributed by atoms with Gasteiger partial charge in [-0.15, -0.1) is 0 Å². The Morgan fingerprint density at radius 3 is 2.54 bits per heavy atom. The van der Waals surface area contributed by atoms with Gasteiger partial charge in [0.05, 0.1) is 5.69 Å². The van der Waals surface area contributed by atoms with Crippen LogP contribution in [0, 0.1) is 6.92 Å². The Balaban J connectivity index is 1.39. The number of hydrogen-bond donors (Lipinski definition) is 0. The minimum atomic E-state index is 0.422. The van der Waals surface area contributed by atoms with Gasteiger partial charge in [-0.25, -0.2) is 0 Å². The van der Waals surface area contributed by atoms with Crippen LogP contribution in [0.1, 0.15) is 73.3 Å². The topological polar surface area (TPSA) is 60.0 Å². The molecule has 24 heavy (non-hydrogen) atoms. The van der Waals surface area contributed by atoms with Crippen LogP contribution in [0.25, 0.3) is 0 Å². The van der Waals surface area contributed by atoms with Crippen molar-refractivity contribution in [2.24, 2.45) is 7.05 Å². The van der Waals surface area contributed by atoms with E-state index in [1.807, 2.05) is 18.7 Å². The average molecular weight is 329 g/mol. The Hall–Kier alpha value is -1.69. The van der Waals surface area contributed by atoms with Crippen LogP contribution < -0.4 is 0 Å². The van der Waals surface area contributed by atoms with Gasteiger partial charge in [0.1, 0.15) is 0 Å². The molecule has 0 unspecified atom stereocenters. The number of hydrogen-bond acceptors (Lipinski definition) is 5. The van der Waals surface area contributed by atoms with E-state index in [0.29, 0.717) is 11.8 Å². The third-order valence-corrected chi connectivity index (χ3v) is 5.55. The molecular formula is C18H27N5O. The van der Waals surface area contributed by atoms with Gasteiger partial charge in [0.15, 0.2) is 5.82 Å². The minimum absolute atomic E-state index is 0.422. The van der Waals surface area contributed by atoms with Crippen LogP contribution in [0.5, 0.6) is 0 Å². The number of nitrogens with zero attached hydrogens (tertiary/aromatic N) is 5. The van der Waals surface area contributed by atoms with Crippen LogP contribution >= 0.6 is 0 Å². The first-order valence-corrected chi connectivity index (χ1v) is 9.24. The molecule has 130 valence electrons. The van der Waals surface area contributed by atoms with Gasteiger partial charge >= 0.3 is 0 Å². The van der Waals surface area contributed by atoms with E-state index in [-0.39, 0.29) is 0 Å². The molecule has 3 heterocycles. The predicted molar refractivity (Wildman–Crippen MR) is 90.7 cm³/mol. The molecule has 1 aliphatic carbocycles. The lowest BCUT2D eigenvalue weighted by molar-refractivity contribution is 0.187. The molecule has 1 aliphatic heterocycles. The molecule has 0 amide bonds. The summed E-state index contributed by atoms with van der Waals surface area (Å²) in [6.45, 7) is 5.08. The van der Waals surface area contributed by atoms with E-state index < -0.39 is 0 Å². The first-order chi connectivity index (χ1) is 11.7. The lowest BCUT2D eigenvalue weighted by atomic mass is 9.95. The molecule has 0 spiro atoms. The summed E-state index contributed by atoms with van der Waals surface area (Å²) >= 11 is 0. The molecule has 0 aromatic carbocycles. The summed E-state index contributed by atoms with van der Waals surface area (Å²) in [6.07, 6.45) is 9.75. The van der Waals surface area contributed by atoms with Crippen molar-refractivity contribution in [3.05, 3.63) is 29.2 Å². The largest absolute Gasteiger partial charge is 0.339 e. The van der Waals surface area contributed by atoms with Gasteiger partial charge in [0, 0.05) is 37.2 Å². The highest BCUT2D eigenvalue weighted by Crippen LogP contribution is 2.35. The Morgan fingerprint density at radius 1 is 1.12 bits per heavy atom. The molecule has 6 nitrogen and oxygen atoms in total. The van der Waals surface area contributed by atoms with Crippen molar-refractivity contribution in [1.82, 2.24) is 24.8 Å². The highest BCUT2D eigenvalue weighted by atomic mass is 16.5. The van der Waals surface area contributed by atoms with Gasteiger partial charge in [-0.1, -0.05) is 18.0 Å². The summed E-state index contributed by atoms with van der Waals surface area (Å²) in [5.41, 5.74) is 2.78. The zero-order valence-electron chi connectivity index (χ0n) is 14.7. The lowest BCUT2D eigenvalue weighted by Crippen LogP contribution is -2.32. The second-order valence-corrected chi connectivity index (χ2v) is 7.42. The maximum absolute atomic E-state index is 5.35. The lowest BCUT2D eigenvalue weighted by Gasteiger charge is -2.30. The van der Waals surface area contributed by atoms with E-state index in [9.17, 15) is 0 Å². The van der Waals surface area contributed by atoms with E-state index in [1.165, 1.54) is 36.9 Å². The van der Waals surface area contributed by atoms with Crippen LogP contribution in [0.15, 0.2) is 10.7 Å². The number of aryl methyl sites for hydroxylation is 2. The summed E-state index contributed by atoms with van der Waals surface area (Å²) in [7, 11) is 2.05. The third kappa shape index (κ3) is 3.24. The van der Waals surface area contributed by atoms with Crippen molar-refractivity contribution in [3.63, 3.8) is 0 Å². The summed E-state index contributed by atoms with van der Waals surface area (Å²) in [6, 6.07) is 0. The standard InChI is InChI=1S/C18H27N5O/c1-13-19-18(24-21-13)15-7-9-23(10-8-15)12-16-11-22(2)20-17(16)14-5-3-4-6-14/h11,14-15H,3-10,12H2,1-2H3. The Labute approximate surface area is 143 Å². The van der Waals surface area contributed by atoms with Crippen molar-refractivity contribution in [1.29, 1.82) is 0 Å². The van der Waals surface area contributed by atoms with Gasteiger partial charge in [-0.3, -0.25) is 9.58 Å². The van der Waals surface area contributed by atoms with Gasteiger partial charge in [0.2, 0.25) is 5.89 Å². The highest BCUT2D eigenvalue weighted by molar-refractivity contribution is 5.22. The third-order valence-electron chi connectivity index (χ3n) is 5.55. The molecule has 2 fully saturated rings. The Kier molecular flexibility index (Phi) is 4.39. The molecule has 2 aromatic heterocycles. The summed E-state index contributed by atoms with van der Waals surface area (Å²) in [4.78, 5) is 6.95. The molecule has 1 saturated heterocycles. The molecule has 2 aliphatic rings. The molecule has 1 saturated carbocycles. The monoisotopic (exact) mass is 329 g/mol. The fourth-order valence-corrected chi connectivity index (χ4v) is 4.28. The molecule has 0 bridgehead atoms. The fraction of sp³-hybridized carbons (Fsp3) is 0.722. The first kappa shape index (κ1) is 15.8. The number of piperidine rings is 1. The first-order valence-electron chi connectivity index (χ1n) is 9.24. The smallest absolute Gasteiger partial charge is 0.229 e. The fourth-order valence-electron chi connectivity index (χ4n) is 4.28. The van der Waals surface area contributed by atoms with Crippen LogP contribution in [0.2, 0.25) is 0 Å². The van der Waals surface area contributed by atoms with E-state index in [2.05, 4.69) is 21.2 Å². The molecule has 4 rings (SSSR count). The van der Waals surface area contributed by atoms with Gasteiger partial charge < -0.3 is 4.52 Å². The minimum Gasteiger partial charge on any atom is -0.339 e. The summed E-state index contributed by atoms with van der Waals surface area (Å²) < 4.78 is 7.35. The van der Waals surface area contributed by atoms with Crippen LogP contribution in [0.4, 0.5) is 0 Å². The van der Waals surface area contributed by atoms with Crippen molar-refractivity contribution in [2.45, 2.75) is 63.8 Å². The van der Waals surface area contributed by atoms with Crippen molar-refractivity contribution >= 4 is 0 Å². The van der Waals surface area contributed by atoms with Crippen molar-refractivity contribution in [2.75, 3.05) is 13.1 Å². The molecular weight excluding hydrogens is 302 g/mol. The summed E-state index contributed by atoms with van der Waals surface area (Å²) in [5, 5.41) is 8.71. The van der Waals surface area contributed by atoms with Gasteiger partial charge in [-0.2, -0.15) is 10.1 Å². The number of aromatic nitrogens is 4. The Bertz CT molecular complexity index is 677. The van der Waals surface area contributed by atoms with Gasteiger partial charge in [0.25, 0.3) is 0 Å². The van der Waals surface area contributed by atoms with Crippen LogP contribution in [-0.2, 0) is 13.6 Å². The SMILES string of the molecule is Cc1noc(C2CCN(Cc3cn(C)nc3C3CCCC3)CC2)n1. The second kappa shape index (κ2) is 6.67. The summed E-state index contributed by atoms with van der Waals surface area (Å²) in [5.74, 6) is 2.66. The molecule has 0 N–H and O–H groups in total. The molecule has 6 heteroatoms. The predicted octanol–water partition coefficient (Wildman–Crippen LogP) is 3.15. The zero-order valence-corrected chi connectivity index (χ0v) is 14.7. The maximum Gasteiger partial charge on any atom is 0.229 e. The van der Waals surface area contributed by atoms with Crippen molar-refractivity contribution in [3.8, 4) is 0 Å². The molecule has 0 atom stereocenters. The van der Waals surface area contributed by atoms with E-state index >= 15 is 0 Å². The number of likely N-dealkylation sites (tertiary alicyclic amines) is 1. The number of rotatable bonds is 4. The quantitative estimate of drug-likeness (QED) is 0.862. The zero-order chi connectivity index (χ0) is 16.5. The molecule has 2 aromatic rings. The van der Waals surface area contributed by atoms with E-state index in [1.54, 1.807) is 0 Å². The van der Waals surface area contributed by atoms with Crippen molar-refractivity contribution < 1.29 is 4.52 Å². The average Bonchev–Trinajstić information content (AvgIpc) is 3.29. The molecule has 0 radical (unpaired) electrons. The van der Waals surface area contributed by atoms with Gasteiger partial charge in [-0.05, 0) is 45.7 Å². The Morgan fingerprint density at radius 2 is 1.88 bits per heavy atom. The normalized spacial score (nSPS) is 20.9. The highest BCUT2D eigenvalue weighted by Gasteiger charge is 2.27. The van der Waals surface area contributed by atoms with E-state index in [4.69, 9.17) is 9.62 Å². The van der Waals surface area contributed by atoms with Crippen LogP contribution in [0.3, 0.4) is 0 Å². The second-order valence-electron chi connectivity index (χ2n) is 7.42.